The Kier molecular flexibility index (Phi) is 6.85. The quantitative estimate of drug-likeness (QED) is 0.272. The summed E-state index contributed by atoms with van der Waals surface area (Å²) in [6, 6.07) is 14.6. The van der Waals surface area contributed by atoms with Crippen molar-refractivity contribution in [2.24, 2.45) is 5.92 Å². The largest absolute Gasteiger partial charge is 0.416 e. The second-order valence-corrected chi connectivity index (χ2v) is 9.91. The standard InChI is InChI=1S/C29H20F6N4O2/c1-16-13-38(15-17-9-19(28(30,31)32)11-20(10-17)29(33,34)35)27(41)25-23(18-5-3-2-4-6-18)22-8-7-21(12-36)37-24(22)26(40)39(25)14-16/h2-11,16H,13-15H2,1H3/t16-/m0/s1. The highest BCUT2D eigenvalue weighted by molar-refractivity contribution is 6.07. The van der Waals surface area contributed by atoms with Gasteiger partial charge in [-0.05, 0) is 47.4 Å². The second kappa shape index (κ2) is 10.1. The number of fused-ring (bicyclic) bond motifs is 2. The summed E-state index contributed by atoms with van der Waals surface area (Å²) in [5, 5.41) is 9.62. The van der Waals surface area contributed by atoms with E-state index in [9.17, 15) is 41.2 Å². The summed E-state index contributed by atoms with van der Waals surface area (Å²) in [6.07, 6.45) is -10.1. The number of amides is 1. The van der Waals surface area contributed by atoms with E-state index >= 15 is 0 Å². The number of halogens is 6. The van der Waals surface area contributed by atoms with Gasteiger partial charge in [0.15, 0.2) is 0 Å². The van der Waals surface area contributed by atoms with Crippen LogP contribution in [-0.4, -0.2) is 26.9 Å². The maximum absolute atomic E-state index is 14.1. The Balaban J connectivity index is 1.72. The monoisotopic (exact) mass is 570 g/mol. The summed E-state index contributed by atoms with van der Waals surface area (Å²) in [5.74, 6) is -1.14. The molecule has 3 heterocycles. The van der Waals surface area contributed by atoms with Crippen LogP contribution in [0.1, 0.15) is 39.8 Å². The van der Waals surface area contributed by atoms with E-state index in [1.807, 2.05) is 6.07 Å². The lowest BCUT2D eigenvalue weighted by Crippen LogP contribution is -2.34. The minimum atomic E-state index is -5.04. The van der Waals surface area contributed by atoms with E-state index in [-0.39, 0.29) is 47.0 Å². The van der Waals surface area contributed by atoms with Crippen molar-refractivity contribution in [2.75, 3.05) is 6.54 Å². The zero-order chi connectivity index (χ0) is 29.7. The van der Waals surface area contributed by atoms with Crippen molar-refractivity contribution in [3.8, 4) is 17.2 Å². The fourth-order valence-electron chi connectivity index (χ4n) is 5.12. The van der Waals surface area contributed by atoms with Crippen molar-refractivity contribution < 1.29 is 31.1 Å². The maximum Gasteiger partial charge on any atom is 0.416 e. The number of hydrogen-bond acceptors (Lipinski definition) is 4. The van der Waals surface area contributed by atoms with Gasteiger partial charge in [-0.2, -0.15) is 31.6 Å². The third kappa shape index (κ3) is 5.27. The lowest BCUT2D eigenvalue weighted by Gasteiger charge is -2.25. The Labute approximate surface area is 229 Å². The third-order valence-electron chi connectivity index (χ3n) is 6.83. The average molecular weight is 570 g/mol. The second-order valence-electron chi connectivity index (χ2n) is 9.91. The molecule has 4 aromatic rings. The summed E-state index contributed by atoms with van der Waals surface area (Å²) in [4.78, 5) is 33.1. The van der Waals surface area contributed by atoms with Crippen LogP contribution in [-0.2, 0) is 25.4 Å². The lowest BCUT2D eigenvalue weighted by molar-refractivity contribution is -0.143. The lowest BCUT2D eigenvalue weighted by atomic mass is 9.97. The highest BCUT2D eigenvalue weighted by Gasteiger charge is 2.38. The number of carbonyl (C=O) groups is 1. The summed E-state index contributed by atoms with van der Waals surface area (Å²) in [5.41, 5.74) is -3.20. The first-order valence-electron chi connectivity index (χ1n) is 12.4. The molecule has 0 bridgehead atoms. The number of nitrogens with zero attached hydrogens (tertiary/aromatic N) is 4. The Morgan fingerprint density at radius 1 is 0.927 bits per heavy atom. The van der Waals surface area contributed by atoms with Gasteiger partial charge in [0.2, 0.25) is 0 Å². The zero-order valence-corrected chi connectivity index (χ0v) is 21.3. The highest BCUT2D eigenvalue weighted by atomic mass is 19.4. The Hall–Kier alpha value is -4.66. The van der Waals surface area contributed by atoms with Gasteiger partial charge in [-0.15, -0.1) is 0 Å². The first-order valence-corrected chi connectivity index (χ1v) is 12.4. The molecule has 210 valence electrons. The molecule has 12 heteroatoms. The van der Waals surface area contributed by atoms with Crippen LogP contribution in [0.2, 0.25) is 0 Å². The number of nitriles is 1. The van der Waals surface area contributed by atoms with E-state index < -0.39 is 47.4 Å². The van der Waals surface area contributed by atoms with Crippen LogP contribution in [0.3, 0.4) is 0 Å². The number of pyridine rings is 2. The normalized spacial score (nSPS) is 15.9. The summed E-state index contributed by atoms with van der Waals surface area (Å²) in [7, 11) is 0. The molecule has 0 unspecified atom stereocenters. The number of hydrogen-bond donors (Lipinski definition) is 0. The smallest absolute Gasteiger partial charge is 0.333 e. The molecular formula is C29H20F6N4O2. The molecule has 41 heavy (non-hydrogen) atoms. The fraction of sp³-hybridized carbons (Fsp3) is 0.241. The Morgan fingerprint density at radius 3 is 2.15 bits per heavy atom. The first kappa shape index (κ1) is 27.9. The molecule has 1 atom stereocenters. The molecule has 0 radical (unpaired) electrons. The highest BCUT2D eigenvalue weighted by Crippen LogP contribution is 2.37. The molecule has 1 amide bonds. The molecule has 2 aromatic heterocycles. The molecule has 1 aliphatic heterocycles. The van der Waals surface area contributed by atoms with Crippen molar-refractivity contribution >= 4 is 16.8 Å². The van der Waals surface area contributed by atoms with E-state index in [1.54, 1.807) is 37.3 Å². The topological polar surface area (TPSA) is 79.0 Å². The van der Waals surface area contributed by atoms with Crippen molar-refractivity contribution in [1.82, 2.24) is 14.5 Å². The molecule has 0 N–H and O–H groups in total. The van der Waals surface area contributed by atoms with Crippen LogP contribution in [0.15, 0.2) is 65.5 Å². The maximum atomic E-state index is 14.1. The average Bonchev–Trinajstić information content (AvgIpc) is 3.04. The molecule has 0 saturated heterocycles. The molecule has 0 aliphatic carbocycles. The van der Waals surface area contributed by atoms with Crippen molar-refractivity contribution in [1.29, 1.82) is 5.26 Å². The third-order valence-corrected chi connectivity index (χ3v) is 6.83. The molecule has 0 spiro atoms. The van der Waals surface area contributed by atoms with Gasteiger partial charge in [0.05, 0.1) is 11.1 Å². The minimum Gasteiger partial charge on any atom is -0.333 e. The van der Waals surface area contributed by atoms with Crippen molar-refractivity contribution in [3.05, 3.63) is 99.1 Å². The van der Waals surface area contributed by atoms with Gasteiger partial charge in [0, 0.05) is 30.6 Å². The summed E-state index contributed by atoms with van der Waals surface area (Å²) in [6.45, 7) is 1.14. The molecule has 6 nitrogen and oxygen atoms in total. The van der Waals surface area contributed by atoms with Crippen LogP contribution in [0.5, 0.6) is 0 Å². The van der Waals surface area contributed by atoms with Gasteiger partial charge in [0.25, 0.3) is 11.5 Å². The van der Waals surface area contributed by atoms with E-state index in [0.29, 0.717) is 23.3 Å². The SMILES string of the molecule is C[C@H]1CN(Cc2cc(C(F)(F)F)cc(C(F)(F)F)c2)C(=O)c2c(-c3ccccc3)c3ccc(C#N)nc3c(=O)n2C1. The van der Waals surface area contributed by atoms with Gasteiger partial charge in [-0.25, -0.2) is 4.98 Å². The number of alkyl halides is 6. The van der Waals surface area contributed by atoms with Gasteiger partial charge < -0.3 is 9.47 Å². The van der Waals surface area contributed by atoms with Gasteiger partial charge >= 0.3 is 12.4 Å². The molecular weight excluding hydrogens is 550 g/mol. The van der Waals surface area contributed by atoms with Crippen LogP contribution in [0, 0.1) is 17.2 Å². The van der Waals surface area contributed by atoms with Crippen LogP contribution in [0.4, 0.5) is 26.3 Å². The Morgan fingerprint density at radius 2 is 1.56 bits per heavy atom. The van der Waals surface area contributed by atoms with Crippen LogP contribution in [0.25, 0.3) is 22.0 Å². The molecule has 1 aliphatic rings. The van der Waals surface area contributed by atoms with Crippen molar-refractivity contribution in [3.63, 3.8) is 0 Å². The first-order chi connectivity index (χ1) is 19.3. The van der Waals surface area contributed by atoms with Crippen molar-refractivity contribution in [2.45, 2.75) is 32.4 Å². The predicted molar refractivity (Wildman–Crippen MR) is 137 cm³/mol. The summed E-state index contributed by atoms with van der Waals surface area (Å²) >= 11 is 0. The number of aromatic nitrogens is 2. The minimum absolute atomic E-state index is 0.00574. The molecule has 0 saturated carbocycles. The number of benzene rings is 2. The molecule has 0 fully saturated rings. The van der Waals surface area contributed by atoms with Gasteiger partial charge in [-0.3, -0.25) is 9.59 Å². The van der Waals surface area contributed by atoms with Crippen LogP contribution < -0.4 is 5.56 Å². The van der Waals surface area contributed by atoms with E-state index in [2.05, 4.69) is 4.98 Å². The fourth-order valence-corrected chi connectivity index (χ4v) is 5.12. The number of carbonyl (C=O) groups excluding carboxylic acids is 1. The summed E-state index contributed by atoms with van der Waals surface area (Å²) < 4.78 is 82.2. The van der Waals surface area contributed by atoms with E-state index in [4.69, 9.17) is 0 Å². The zero-order valence-electron chi connectivity index (χ0n) is 21.3. The van der Waals surface area contributed by atoms with Gasteiger partial charge in [0.1, 0.15) is 23.0 Å². The predicted octanol–water partition coefficient (Wildman–Crippen LogP) is 6.26. The van der Waals surface area contributed by atoms with Gasteiger partial charge in [-0.1, -0.05) is 37.3 Å². The van der Waals surface area contributed by atoms with E-state index in [0.717, 1.165) is 4.90 Å². The number of rotatable bonds is 3. The van der Waals surface area contributed by atoms with E-state index in [1.165, 1.54) is 16.7 Å². The molecule has 5 rings (SSSR count). The molecule has 2 aromatic carbocycles. The van der Waals surface area contributed by atoms with Crippen LogP contribution >= 0.6 is 0 Å². The Bertz CT molecular complexity index is 1740.